The molecule has 9 heteroatoms. The molecule has 0 aliphatic carbocycles. The summed E-state index contributed by atoms with van der Waals surface area (Å²) in [5.41, 5.74) is 1.32. The average molecular weight is 465 g/mol. The molecule has 1 aromatic heterocycles. The van der Waals surface area contributed by atoms with E-state index in [0.717, 1.165) is 5.56 Å². The molecule has 0 amide bonds. The van der Waals surface area contributed by atoms with Crippen molar-refractivity contribution in [2.45, 2.75) is 39.2 Å². The molecule has 2 aromatic rings. The van der Waals surface area contributed by atoms with Gasteiger partial charge >= 0.3 is 5.97 Å². The van der Waals surface area contributed by atoms with Crippen LogP contribution in [0.3, 0.4) is 0 Å². The van der Waals surface area contributed by atoms with Crippen LogP contribution >= 0.6 is 0 Å². The first-order chi connectivity index (χ1) is 15.2. The number of aromatic nitrogens is 1. The van der Waals surface area contributed by atoms with Crippen LogP contribution in [0.1, 0.15) is 33.1 Å². The van der Waals surface area contributed by atoms with E-state index in [0.29, 0.717) is 30.6 Å². The minimum absolute atomic E-state index is 0.0927. The predicted molar refractivity (Wildman–Crippen MR) is 119 cm³/mol. The topological polar surface area (TPSA) is 96.8 Å². The Morgan fingerprint density at radius 2 is 2.00 bits per heavy atom. The summed E-state index contributed by atoms with van der Waals surface area (Å²) in [6.07, 6.45) is 4.28. The van der Waals surface area contributed by atoms with E-state index in [4.69, 9.17) is 4.74 Å². The zero-order chi connectivity index (χ0) is 23.3. The third-order valence-corrected chi connectivity index (χ3v) is 7.49. The van der Waals surface area contributed by atoms with Crippen molar-refractivity contribution in [1.82, 2.24) is 9.29 Å². The lowest BCUT2D eigenvalue weighted by Gasteiger charge is -2.32. The zero-order valence-corrected chi connectivity index (χ0v) is 19.1. The van der Waals surface area contributed by atoms with Gasteiger partial charge < -0.3 is 9.84 Å². The SMILES string of the molecule is CC(C)CC(CS(=O)(=O)N1CCC(Oc2ccc(F)cc2-c2cccnc2)CC1)C(=O)O. The van der Waals surface area contributed by atoms with Crippen molar-refractivity contribution in [3.05, 3.63) is 48.5 Å². The fourth-order valence-electron chi connectivity index (χ4n) is 3.93. The van der Waals surface area contributed by atoms with Gasteiger partial charge in [-0.2, -0.15) is 0 Å². The number of nitrogens with zero attached hydrogens (tertiary/aromatic N) is 2. The Morgan fingerprint density at radius 3 is 2.59 bits per heavy atom. The van der Waals surface area contributed by atoms with Gasteiger partial charge in [0.1, 0.15) is 17.7 Å². The number of sulfonamides is 1. The number of piperidine rings is 1. The fraction of sp³-hybridized carbons (Fsp3) is 0.478. The standard InChI is InChI=1S/C23H29FN2O5S/c1-16(2)12-18(23(27)28)15-32(29,30)26-10-7-20(8-11-26)31-22-6-5-19(24)13-21(22)17-4-3-9-25-14-17/h3-6,9,13-14,16,18,20H,7-8,10-12,15H2,1-2H3,(H,27,28). The summed E-state index contributed by atoms with van der Waals surface area (Å²) in [6.45, 7) is 4.26. The first-order valence-electron chi connectivity index (χ1n) is 10.7. The highest BCUT2D eigenvalue weighted by Crippen LogP contribution is 2.32. The number of carboxylic acid groups (broad SMARTS) is 1. The number of carbonyl (C=O) groups is 1. The summed E-state index contributed by atoms with van der Waals surface area (Å²) in [7, 11) is -3.69. The van der Waals surface area contributed by atoms with Crippen molar-refractivity contribution in [1.29, 1.82) is 0 Å². The molecule has 1 fully saturated rings. The van der Waals surface area contributed by atoms with Crippen molar-refractivity contribution in [3.8, 4) is 16.9 Å². The van der Waals surface area contributed by atoms with E-state index in [-0.39, 0.29) is 30.9 Å². The van der Waals surface area contributed by atoms with Crippen LogP contribution in [0.15, 0.2) is 42.7 Å². The molecule has 0 bridgehead atoms. The normalized spacial score (nSPS) is 16.8. The van der Waals surface area contributed by atoms with Gasteiger partial charge in [0.25, 0.3) is 0 Å². The number of carboxylic acids is 1. The van der Waals surface area contributed by atoms with Crippen LogP contribution < -0.4 is 4.74 Å². The third-order valence-electron chi connectivity index (χ3n) is 5.52. The van der Waals surface area contributed by atoms with Crippen LogP contribution in [0.4, 0.5) is 4.39 Å². The summed E-state index contributed by atoms with van der Waals surface area (Å²) < 4.78 is 46.9. The summed E-state index contributed by atoms with van der Waals surface area (Å²) in [4.78, 5) is 15.6. The Balaban J connectivity index is 1.65. The number of hydrogen-bond donors (Lipinski definition) is 1. The van der Waals surface area contributed by atoms with Gasteiger partial charge in [0.2, 0.25) is 10.0 Å². The number of pyridine rings is 1. The maximum absolute atomic E-state index is 13.8. The molecule has 0 radical (unpaired) electrons. The van der Waals surface area contributed by atoms with E-state index in [1.54, 1.807) is 24.5 Å². The van der Waals surface area contributed by atoms with Gasteiger partial charge in [-0.1, -0.05) is 19.9 Å². The maximum atomic E-state index is 13.8. The zero-order valence-electron chi connectivity index (χ0n) is 18.3. The van der Waals surface area contributed by atoms with Crippen molar-refractivity contribution in [2.24, 2.45) is 11.8 Å². The summed E-state index contributed by atoms with van der Waals surface area (Å²) in [5.74, 6) is -2.17. The molecule has 1 aliphatic rings. The second-order valence-electron chi connectivity index (χ2n) is 8.54. The van der Waals surface area contributed by atoms with Crippen LogP contribution in [0.5, 0.6) is 5.75 Å². The van der Waals surface area contributed by atoms with Crippen molar-refractivity contribution >= 4 is 16.0 Å². The minimum atomic E-state index is -3.69. The first-order valence-corrected chi connectivity index (χ1v) is 12.3. The molecule has 1 aliphatic heterocycles. The van der Waals surface area contributed by atoms with E-state index in [2.05, 4.69) is 4.98 Å². The van der Waals surface area contributed by atoms with Crippen LogP contribution in [-0.2, 0) is 14.8 Å². The predicted octanol–water partition coefficient (Wildman–Crippen LogP) is 3.81. The molecule has 1 saturated heterocycles. The summed E-state index contributed by atoms with van der Waals surface area (Å²) >= 11 is 0. The summed E-state index contributed by atoms with van der Waals surface area (Å²) in [6, 6.07) is 7.88. The van der Waals surface area contributed by atoms with E-state index in [9.17, 15) is 22.7 Å². The molecule has 2 heterocycles. The second kappa shape index (κ2) is 10.4. The van der Waals surface area contributed by atoms with Crippen LogP contribution in [0.2, 0.25) is 0 Å². The van der Waals surface area contributed by atoms with Gasteiger partial charge in [0, 0.05) is 36.6 Å². The van der Waals surface area contributed by atoms with Gasteiger partial charge in [-0.3, -0.25) is 9.78 Å². The number of rotatable bonds is 9. The summed E-state index contributed by atoms with van der Waals surface area (Å²) in [5, 5.41) is 9.40. The molecular formula is C23H29FN2O5S. The Morgan fingerprint density at radius 1 is 1.28 bits per heavy atom. The van der Waals surface area contributed by atoms with Gasteiger partial charge in [0.15, 0.2) is 0 Å². The molecule has 0 saturated carbocycles. The average Bonchev–Trinajstić information content (AvgIpc) is 2.75. The molecule has 0 spiro atoms. The lowest BCUT2D eigenvalue weighted by atomic mass is 9.99. The van der Waals surface area contributed by atoms with Gasteiger partial charge in [-0.05, 0) is 49.4 Å². The van der Waals surface area contributed by atoms with Crippen LogP contribution in [0, 0.1) is 17.7 Å². The highest BCUT2D eigenvalue weighted by Gasteiger charge is 2.33. The van der Waals surface area contributed by atoms with Gasteiger partial charge in [-0.15, -0.1) is 0 Å². The lowest BCUT2D eigenvalue weighted by molar-refractivity contribution is -0.141. The Bertz CT molecular complexity index is 1020. The number of ether oxygens (including phenoxy) is 1. The van der Waals surface area contributed by atoms with Crippen LogP contribution in [0.25, 0.3) is 11.1 Å². The number of aliphatic carboxylic acids is 1. The van der Waals surface area contributed by atoms with Crippen LogP contribution in [-0.4, -0.2) is 53.7 Å². The Kier molecular flexibility index (Phi) is 7.84. The maximum Gasteiger partial charge on any atom is 0.307 e. The second-order valence-corrected chi connectivity index (χ2v) is 10.6. The molecule has 3 rings (SSSR count). The number of benzene rings is 1. The third kappa shape index (κ3) is 6.26. The molecule has 174 valence electrons. The van der Waals surface area contributed by atoms with Crippen molar-refractivity contribution in [3.63, 3.8) is 0 Å². The van der Waals surface area contributed by atoms with Crippen molar-refractivity contribution in [2.75, 3.05) is 18.8 Å². The van der Waals surface area contributed by atoms with Gasteiger partial charge in [0.05, 0.1) is 11.7 Å². The highest BCUT2D eigenvalue weighted by molar-refractivity contribution is 7.89. The number of hydrogen-bond acceptors (Lipinski definition) is 5. The first kappa shape index (κ1) is 24.1. The monoisotopic (exact) mass is 464 g/mol. The minimum Gasteiger partial charge on any atom is -0.490 e. The van der Waals surface area contributed by atoms with E-state index < -0.39 is 27.7 Å². The Hall–Kier alpha value is -2.52. The lowest BCUT2D eigenvalue weighted by Crippen LogP contribution is -2.44. The molecule has 7 nitrogen and oxygen atoms in total. The van der Waals surface area contributed by atoms with Crippen molar-refractivity contribution < 1.29 is 27.4 Å². The fourth-order valence-corrected chi connectivity index (χ4v) is 5.69. The van der Waals surface area contributed by atoms with E-state index in [1.807, 2.05) is 19.9 Å². The molecule has 1 unspecified atom stereocenters. The quantitative estimate of drug-likeness (QED) is 0.606. The smallest absolute Gasteiger partial charge is 0.307 e. The van der Waals surface area contributed by atoms with E-state index >= 15 is 0 Å². The largest absolute Gasteiger partial charge is 0.490 e. The highest BCUT2D eigenvalue weighted by atomic mass is 32.2. The number of halogens is 1. The van der Waals surface area contributed by atoms with E-state index in [1.165, 1.54) is 16.4 Å². The Labute approximate surface area is 188 Å². The molecule has 32 heavy (non-hydrogen) atoms. The van der Waals surface area contributed by atoms with Gasteiger partial charge in [-0.25, -0.2) is 17.1 Å². The molecular weight excluding hydrogens is 435 g/mol. The molecule has 1 aromatic carbocycles. The molecule has 1 N–H and O–H groups in total. The molecule has 1 atom stereocenters.